The van der Waals surface area contributed by atoms with Crippen molar-refractivity contribution in [1.29, 1.82) is 0 Å². The second-order valence-electron chi connectivity index (χ2n) is 5.17. The Hall–Kier alpha value is -2.15. The zero-order valence-corrected chi connectivity index (χ0v) is 12.4. The molecule has 3 heterocycles. The average Bonchev–Trinajstić information content (AvgIpc) is 2.93. The minimum Gasteiger partial charge on any atom is -0.495 e. The molecule has 7 nitrogen and oxygen atoms in total. The first-order valence-corrected chi connectivity index (χ1v) is 7.06. The maximum Gasteiger partial charge on any atom is 0.139 e. The summed E-state index contributed by atoms with van der Waals surface area (Å²) in [6, 6.07) is 2.03. The number of hydrogen-bond acceptors (Lipinski definition) is 6. The molecule has 0 radical (unpaired) electrons. The summed E-state index contributed by atoms with van der Waals surface area (Å²) in [5.74, 6) is 0.800. The number of pyridine rings is 1. The lowest BCUT2D eigenvalue weighted by molar-refractivity contribution is 0.246. The summed E-state index contributed by atoms with van der Waals surface area (Å²) in [6.07, 6.45) is 5.45. The highest BCUT2D eigenvalue weighted by atomic mass is 16.5. The molecule has 21 heavy (non-hydrogen) atoms. The summed E-state index contributed by atoms with van der Waals surface area (Å²) in [4.78, 5) is 10.6. The molecule has 1 saturated heterocycles. The van der Waals surface area contributed by atoms with Crippen LogP contribution in [0.3, 0.4) is 0 Å². The number of methoxy groups -OCH3 is 1. The van der Waals surface area contributed by atoms with Crippen molar-refractivity contribution in [2.24, 2.45) is 7.05 Å². The van der Waals surface area contributed by atoms with Gasteiger partial charge in [0, 0.05) is 45.8 Å². The minimum absolute atomic E-state index is 0.800. The summed E-state index contributed by atoms with van der Waals surface area (Å²) < 4.78 is 5.23. The maximum absolute atomic E-state index is 5.23. The quantitative estimate of drug-likeness (QED) is 0.818. The lowest BCUT2D eigenvalue weighted by Crippen LogP contribution is -2.46. The normalized spacial score (nSPS) is 16.2. The van der Waals surface area contributed by atoms with Crippen LogP contribution in [0.5, 0.6) is 5.75 Å². The predicted molar refractivity (Wildman–Crippen MR) is 79.3 cm³/mol. The fraction of sp³-hybridized carbons (Fsp3) is 0.500. The van der Waals surface area contributed by atoms with Gasteiger partial charge in [-0.1, -0.05) is 0 Å². The zero-order valence-electron chi connectivity index (χ0n) is 12.4. The van der Waals surface area contributed by atoms with Crippen molar-refractivity contribution < 1.29 is 4.74 Å². The van der Waals surface area contributed by atoms with Crippen LogP contribution in [-0.2, 0) is 13.6 Å². The van der Waals surface area contributed by atoms with Gasteiger partial charge >= 0.3 is 0 Å². The van der Waals surface area contributed by atoms with Crippen molar-refractivity contribution in [1.82, 2.24) is 24.9 Å². The standard InChI is InChI=1S/C14H20N6O/c1-18-16-8-12(17-18)11-19-3-5-20(6-4-19)13-7-14(21-2)10-15-9-13/h7-10H,3-6,11H2,1-2H3. The molecule has 0 N–H and O–H groups in total. The van der Waals surface area contributed by atoms with Gasteiger partial charge in [0.2, 0.25) is 0 Å². The van der Waals surface area contributed by atoms with Gasteiger partial charge in [0.15, 0.2) is 0 Å². The summed E-state index contributed by atoms with van der Waals surface area (Å²) in [5, 5.41) is 8.44. The van der Waals surface area contributed by atoms with E-state index in [4.69, 9.17) is 4.74 Å². The molecule has 2 aromatic rings. The zero-order chi connectivity index (χ0) is 14.7. The first-order valence-electron chi connectivity index (χ1n) is 7.06. The van der Waals surface area contributed by atoms with E-state index >= 15 is 0 Å². The van der Waals surface area contributed by atoms with Crippen LogP contribution in [0, 0.1) is 0 Å². The molecular formula is C14H20N6O. The Morgan fingerprint density at radius 3 is 2.62 bits per heavy atom. The van der Waals surface area contributed by atoms with Gasteiger partial charge in [0.05, 0.1) is 37.1 Å². The van der Waals surface area contributed by atoms with E-state index in [1.165, 1.54) is 0 Å². The summed E-state index contributed by atoms with van der Waals surface area (Å²) in [7, 11) is 3.51. The SMILES string of the molecule is COc1cncc(N2CCN(Cc3cnn(C)n3)CC2)c1. The van der Waals surface area contributed by atoms with Crippen molar-refractivity contribution in [2.45, 2.75) is 6.54 Å². The van der Waals surface area contributed by atoms with Crippen LogP contribution in [0.4, 0.5) is 5.69 Å². The van der Waals surface area contributed by atoms with E-state index in [-0.39, 0.29) is 0 Å². The van der Waals surface area contributed by atoms with E-state index in [1.807, 2.05) is 25.5 Å². The molecule has 1 aliphatic heterocycles. The van der Waals surface area contributed by atoms with Crippen LogP contribution in [-0.4, -0.2) is 58.2 Å². The van der Waals surface area contributed by atoms with Gasteiger partial charge in [0.1, 0.15) is 5.75 Å². The molecule has 112 valence electrons. The van der Waals surface area contributed by atoms with Crippen molar-refractivity contribution in [3.8, 4) is 5.75 Å². The second-order valence-corrected chi connectivity index (χ2v) is 5.17. The molecule has 1 aliphatic rings. The van der Waals surface area contributed by atoms with E-state index in [0.29, 0.717) is 0 Å². The number of rotatable bonds is 4. The molecule has 0 amide bonds. The monoisotopic (exact) mass is 288 g/mol. The molecule has 0 bridgehead atoms. The molecule has 0 atom stereocenters. The van der Waals surface area contributed by atoms with Crippen LogP contribution in [0.1, 0.15) is 5.69 Å². The van der Waals surface area contributed by atoms with Gasteiger partial charge in [-0.25, -0.2) is 0 Å². The van der Waals surface area contributed by atoms with Crippen LogP contribution in [0.15, 0.2) is 24.7 Å². The summed E-state index contributed by atoms with van der Waals surface area (Å²) in [5.41, 5.74) is 2.14. The van der Waals surface area contributed by atoms with Gasteiger partial charge < -0.3 is 9.64 Å². The fourth-order valence-corrected chi connectivity index (χ4v) is 2.55. The largest absolute Gasteiger partial charge is 0.495 e. The first kappa shape index (κ1) is 13.8. The van der Waals surface area contributed by atoms with Gasteiger partial charge in [-0.15, -0.1) is 0 Å². The fourth-order valence-electron chi connectivity index (χ4n) is 2.55. The van der Waals surface area contributed by atoms with Gasteiger partial charge in [-0.3, -0.25) is 9.88 Å². The molecular weight excluding hydrogens is 268 g/mol. The van der Waals surface area contributed by atoms with Crippen LogP contribution >= 0.6 is 0 Å². The smallest absolute Gasteiger partial charge is 0.139 e. The molecule has 1 fully saturated rings. The van der Waals surface area contributed by atoms with Gasteiger partial charge in [-0.2, -0.15) is 15.0 Å². The number of piperazine rings is 1. The van der Waals surface area contributed by atoms with Gasteiger partial charge in [0.25, 0.3) is 0 Å². The van der Waals surface area contributed by atoms with Crippen molar-refractivity contribution in [3.05, 3.63) is 30.4 Å². The van der Waals surface area contributed by atoms with E-state index in [0.717, 1.165) is 49.9 Å². The molecule has 0 aromatic carbocycles. The number of nitrogens with zero attached hydrogens (tertiary/aromatic N) is 6. The third-order valence-corrected chi connectivity index (χ3v) is 3.70. The lowest BCUT2D eigenvalue weighted by atomic mass is 10.2. The Balaban J connectivity index is 1.57. The van der Waals surface area contributed by atoms with Crippen LogP contribution < -0.4 is 9.64 Å². The Morgan fingerprint density at radius 2 is 1.95 bits per heavy atom. The number of aryl methyl sites for hydroxylation is 1. The number of ether oxygens (including phenoxy) is 1. The third kappa shape index (κ3) is 3.30. The van der Waals surface area contributed by atoms with Crippen molar-refractivity contribution in [2.75, 3.05) is 38.2 Å². The minimum atomic E-state index is 0.800. The summed E-state index contributed by atoms with van der Waals surface area (Å²) in [6.45, 7) is 4.84. The number of aromatic nitrogens is 4. The first-order chi connectivity index (χ1) is 10.2. The molecule has 3 rings (SSSR count). The molecule has 0 spiro atoms. The van der Waals surface area contributed by atoms with Crippen molar-refractivity contribution in [3.63, 3.8) is 0 Å². The van der Waals surface area contributed by atoms with E-state index < -0.39 is 0 Å². The Bertz CT molecular complexity index is 591. The third-order valence-electron chi connectivity index (χ3n) is 3.70. The van der Waals surface area contributed by atoms with Gasteiger partial charge in [-0.05, 0) is 0 Å². The Kier molecular flexibility index (Phi) is 4.01. The van der Waals surface area contributed by atoms with Crippen LogP contribution in [0.25, 0.3) is 0 Å². The molecule has 7 heteroatoms. The van der Waals surface area contributed by atoms with E-state index in [1.54, 1.807) is 18.1 Å². The summed E-state index contributed by atoms with van der Waals surface area (Å²) >= 11 is 0. The number of anilines is 1. The highest BCUT2D eigenvalue weighted by molar-refractivity contribution is 5.48. The highest BCUT2D eigenvalue weighted by Crippen LogP contribution is 2.20. The molecule has 0 aliphatic carbocycles. The second kappa shape index (κ2) is 6.09. The highest BCUT2D eigenvalue weighted by Gasteiger charge is 2.18. The lowest BCUT2D eigenvalue weighted by Gasteiger charge is -2.35. The van der Waals surface area contributed by atoms with E-state index in [9.17, 15) is 0 Å². The maximum atomic E-state index is 5.23. The Morgan fingerprint density at radius 1 is 1.14 bits per heavy atom. The molecule has 2 aromatic heterocycles. The predicted octanol–water partition coefficient (Wildman–Crippen LogP) is 0.541. The van der Waals surface area contributed by atoms with E-state index in [2.05, 4.69) is 25.0 Å². The Labute approximate surface area is 124 Å². The average molecular weight is 288 g/mol. The molecule has 0 saturated carbocycles. The number of hydrogen-bond donors (Lipinski definition) is 0. The topological polar surface area (TPSA) is 59.3 Å². The molecule has 0 unspecified atom stereocenters. The van der Waals surface area contributed by atoms with Crippen molar-refractivity contribution >= 4 is 5.69 Å². The van der Waals surface area contributed by atoms with Crippen LogP contribution in [0.2, 0.25) is 0 Å².